The highest BCUT2D eigenvalue weighted by Gasteiger charge is 2.57. The van der Waals surface area contributed by atoms with Crippen molar-refractivity contribution < 1.29 is 14.7 Å². The standard InChI is InChI=1S/C19H25BrN2O2.C4H6O/c1-12(2)22-17(23)19(21-18(22)24,14-7-5-4-6-8-14)16-11-15(20)10-9-13(16)3;5-3-4-1-2-4/h9-12,14H,4-8H2,1-3H3,(H,21,24);3,5H,1-2H2. The van der Waals surface area contributed by atoms with E-state index in [4.69, 9.17) is 5.11 Å². The fraction of sp³-hybridized carbons (Fsp3) is 0.565. The van der Waals surface area contributed by atoms with Gasteiger partial charge in [-0.05, 0) is 81.2 Å². The SMILES string of the molecule is Cc1ccc(Br)cc1C1(C2CCCCC2)NC(=O)N(C(C)C)C1=O.OC=C1CC1. The zero-order valence-corrected chi connectivity index (χ0v) is 19.1. The van der Waals surface area contributed by atoms with E-state index in [-0.39, 0.29) is 23.9 Å². The first-order valence-corrected chi connectivity index (χ1v) is 11.3. The van der Waals surface area contributed by atoms with Crippen LogP contribution in [0.15, 0.2) is 34.5 Å². The zero-order valence-electron chi connectivity index (χ0n) is 17.5. The summed E-state index contributed by atoms with van der Waals surface area (Å²) < 4.78 is 0.934. The molecule has 1 aromatic carbocycles. The van der Waals surface area contributed by atoms with Crippen LogP contribution in [-0.2, 0) is 10.3 Å². The van der Waals surface area contributed by atoms with E-state index < -0.39 is 5.54 Å². The minimum absolute atomic E-state index is 0.0874. The summed E-state index contributed by atoms with van der Waals surface area (Å²) in [6.45, 7) is 5.80. The third-order valence-electron chi connectivity index (χ3n) is 6.16. The minimum atomic E-state index is -0.921. The summed E-state index contributed by atoms with van der Waals surface area (Å²) >= 11 is 3.53. The number of nitrogens with one attached hydrogen (secondary N) is 1. The molecule has 2 saturated carbocycles. The van der Waals surface area contributed by atoms with Crippen LogP contribution in [0.25, 0.3) is 0 Å². The lowest BCUT2D eigenvalue weighted by Crippen LogP contribution is -2.51. The molecule has 4 rings (SSSR count). The van der Waals surface area contributed by atoms with E-state index >= 15 is 0 Å². The van der Waals surface area contributed by atoms with Gasteiger partial charge in [0.1, 0.15) is 5.54 Å². The van der Waals surface area contributed by atoms with E-state index in [1.807, 2.05) is 39.0 Å². The van der Waals surface area contributed by atoms with Crippen molar-refractivity contribution in [2.45, 2.75) is 77.3 Å². The number of hydrogen-bond donors (Lipinski definition) is 2. The van der Waals surface area contributed by atoms with Crippen molar-refractivity contribution in [3.63, 3.8) is 0 Å². The second-order valence-corrected chi connectivity index (χ2v) is 9.50. The molecule has 0 aromatic heterocycles. The van der Waals surface area contributed by atoms with E-state index in [9.17, 15) is 9.59 Å². The number of imide groups is 1. The van der Waals surface area contributed by atoms with Crippen molar-refractivity contribution in [2.24, 2.45) is 5.92 Å². The fourth-order valence-corrected chi connectivity index (χ4v) is 4.83. The molecule has 0 bridgehead atoms. The normalized spacial score (nSPS) is 24.3. The van der Waals surface area contributed by atoms with Crippen LogP contribution in [0.2, 0.25) is 0 Å². The third-order valence-corrected chi connectivity index (χ3v) is 6.65. The first-order valence-electron chi connectivity index (χ1n) is 10.6. The highest BCUT2D eigenvalue weighted by atomic mass is 79.9. The van der Waals surface area contributed by atoms with Crippen LogP contribution in [0.4, 0.5) is 4.79 Å². The first-order chi connectivity index (χ1) is 13.8. The van der Waals surface area contributed by atoms with E-state index in [2.05, 4.69) is 21.2 Å². The lowest BCUT2D eigenvalue weighted by Gasteiger charge is -2.39. The Morgan fingerprint density at radius 1 is 1.21 bits per heavy atom. The molecule has 1 aliphatic heterocycles. The third kappa shape index (κ3) is 4.37. The number of carbonyl (C=O) groups is 2. The number of benzene rings is 1. The summed E-state index contributed by atoms with van der Waals surface area (Å²) in [5.74, 6) is 0.0649. The molecule has 1 saturated heterocycles. The van der Waals surface area contributed by atoms with E-state index in [0.29, 0.717) is 0 Å². The molecule has 0 radical (unpaired) electrons. The van der Waals surface area contributed by atoms with Crippen LogP contribution in [0.1, 0.15) is 69.9 Å². The minimum Gasteiger partial charge on any atom is -0.516 e. The van der Waals surface area contributed by atoms with Crippen molar-refractivity contribution in [3.05, 3.63) is 45.6 Å². The van der Waals surface area contributed by atoms with Gasteiger partial charge < -0.3 is 10.4 Å². The number of aliphatic hydroxyl groups excluding tert-OH is 1. The summed E-state index contributed by atoms with van der Waals surface area (Å²) in [6, 6.07) is 5.60. The first kappa shape index (κ1) is 21.9. The second-order valence-electron chi connectivity index (χ2n) is 8.59. The summed E-state index contributed by atoms with van der Waals surface area (Å²) in [4.78, 5) is 27.5. The predicted molar refractivity (Wildman–Crippen MR) is 118 cm³/mol. The number of aliphatic hydroxyl groups is 1. The van der Waals surface area contributed by atoms with Crippen LogP contribution in [-0.4, -0.2) is 28.0 Å². The number of halogens is 1. The molecule has 1 unspecified atom stereocenters. The van der Waals surface area contributed by atoms with Gasteiger partial charge in [0, 0.05) is 10.5 Å². The smallest absolute Gasteiger partial charge is 0.325 e. The zero-order chi connectivity index (χ0) is 21.2. The van der Waals surface area contributed by atoms with Crippen LogP contribution >= 0.6 is 15.9 Å². The topological polar surface area (TPSA) is 69.6 Å². The van der Waals surface area contributed by atoms with Crippen LogP contribution in [0.3, 0.4) is 0 Å². The average Bonchev–Trinajstić information content (AvgIpc) is 3.49. The summed E-state index contributed by atoms with van der Waals surface area (Å²) in [7, 11) is 0. The Morgan fingerprint density at radius 2 is 1.86 bits per heavy atom. The van der Waals surface area contributed by atoms with Crippen molar-refractivity contribution in [1.29, 1.82) is 0 Å². The monoisotopic (exact) mass is 462 g/mol. The maximum absolute atomic E-state index is 13.5. The summed E-state index contributed by atoms with van der Waals surface area (Å²) in [5, 5.41) is 11.2. The Balaban J connectivity index is 0.000000419. The molecular formula is C23H31BrN2O3. The number of amides is 3. The van der Waals surface area contributed by atoms with Crippen LogP contribution in [0.5, 0.6) is 0 Å². The molecule has 2 N–H and O–H groups in total. The molecular weight excluding hydrogens is 432 g/mol. The molecule has 0 spiro atoms. The lowest BCUT2D eigenvalue weighted by molar-refractivity contribution is -0.135. The van der Waals surface area contributed by atoms with Gasteiger partial charge in [-0.2, -0.15) is 0 Å². The van der Waals surface area contributed by atoms with Gasteiger partial charge in [0.15, 0.2) is 0 Å². The fourth-order valence-electron chi connectivity index (χ4n) is 4.47. The molecule has 1 aromatic rings. The quantitative estimate of drug-likeness (QED) is 0.445. The Morgan fingerprint density at radius 3 is 2.34 bits per heavy atom. The molecule has 5 nitrogen and oxygen atoms in total. The number of urea groups is 1. The molecule has 1 heterocycles. The lowest BCUT2D eigenvalue weighted by atomic mass is 9.70. The average molecular weight is 463 g/mol. The highest BCUT2D eigenvalue weighted by Crippen LogP contribution is 2.45. The Labute approximate surface area is 181 Å². The van der Waals surface area contributed by atoms with E-state index in [1.54, 1.807) is 0 Å². The number of aryl methyl sites for hydroxylation is 1. The Hall–Kier alpha value is -1.82. The van der Waals surface area contributed by atoms with Crippen LogP contribution < -0.4 is 5.32 Å². The van der Waals surface area contributed by atoms with E-state index in [0.717, 1.165) is 54.1 Å². The maximum atomic E-state index is 13.5. The Bertz CT molecular complexity index is 808. The van der Waals surface area contributed by atoms with Gasteiger partial charge in [-0.1, -0.05) is 41.3 Å². The highest BCUT2D eigenvalue weighted by molar-refractivity contribution is 9.10. The molecule has 2 aliphatic carbocycles. The van der Waals surface area contributed by atoms with Gasteiger partial charge >= 0.3 is 6.03 Å². The largest absolute Gasteiger partial charge is 0.516 e. The van der Waals surface area contributed by atoms with Crippen molar-refractivity contribution in [3.8, 4) is 0 Å². The van der Waals surface area contributed by atoms with Gasteiger partial charge in [0.25, 0.3) is 5.91 Å². The van der Waals surface area contributed by atoms with Gasteiger partial charge in [0.05, 0.1) is 6.26 Å². The van der Waals surface area contributed by atoms with Crippen LogP contribution in [0, 0.1) is 12.8 Å². The van der Waals surface area contributed by atoms with Gasteiger partial charge in [-0.25, -0.2) is 4.79 Å². The van der Waals surface area contributed by atoms with E-state index in [1.165, 1.54) is 23.2 Å². The molecule has 29 heavy (non-hydrogen) atoms. The predicted octanol–water partition coefficient (Wildman–Crippen LogP) is 5.72. The number of allylic oxidation sites excluding steroid dienone is 1. The van der Waals surface area contributed by atoms with Crippen molar-refractivity contribution in [1.82, 2.24) is 10.2 Å². The number of nitrogens with zero attached hydrogens (tertiary/aromatic N) is 1. The summed E-state index contributed by atoms with van der Waals surface area (Å²) in [6.07, 6.45) is 8.83. The number of carbonyl (C=O) groups excluding carboxylic acids is 2. The van der Waals surface area contributed by atoms with Gasteiger partial charge in [0.2, 0.25) is 0 Å². The molecule has 1 atom stereocenters. The molecule has 3 amide bonds. The molecule has 6 heteroatoms. The second kappa shape index (κ2) is 8.90. The van der Waals surface area contributed by atoms with Gasteiger partial charge in [-0.15, -0.1) is 0 Å². The number of hydrogen-bond acceptors (Lipinski definition) is 3. The van der Waals surface area contributed by atoms with Crippen molar-refractivity contribution >= 4 is 27.9 Å². The molecule has 3 fully saturated rings. The molecule has 158 valence electrons. The van der Waals surface area contributed by atoms with Crippen molar-refractivity contribution in [2.75, 3.05) is 0 Å². The van der Waals surface area contributed by atoms with Gasteiger partial charge in [-0.3, -0.25) is 9.69 Å². The number of rotatable bonds is 3. The maximum Gasteiger partial charge on any atom is 0.325 e. The Kier molecular flexibility index (Phi) is 6.72. The summed E-state index contributed by atoms with van der Waals surface area (Å²) in [5.41, 5.74) is 2.24. The molecule has 3 aliphatic rings.